The van der Waals surface area contributed by atoms with Gasteiger partial charge in [0.1, 0.15) is 5.82 Å². The maximum absolute atomic E-state index is 12.9. The lowest BCUT2D eigenvalue weighted by atomic mass is 10.1. The van der Waals surface area contributed by atoms with Gasteiger partial charge in [-0.15, -0.1) is 0 Å². The van der Waals surface area contributed by atoms with Gasteiger partial charge in [0.05, 0.1) is 19.1 Å². The van der Waals surface area contributed by atoms with Crippen molar-refractivity contribution in [3.05, 3.63) is 64.9 Å². The fourth-order valence-corrected chi connectivity index (χ4v) is 2.77. The molecule has 2 N–H and O–H groups in total. The molecule has 0 radical (unpaired) electrons. The van der Waals surface area contributed by atoms with Gasteiger partial charge in [0, 0.05) is 10.7 Å². The summed E-state index contributed by atoms with van der Waals surface area (Å²) in [5.41, 5.74) is 1.33. The van der Waals surface area contributed by atoms with Gasteiger partial charge in [0.15, 0.2) is 0 Å². The van der Waals surface area contributed by atoms with Gasteiger partial charge in [-0.25, -0.2) is 4.39 Å². The Bertz CT molecular complexity index is 768. The van der Waals surface area contributed by atoms with E-state index in [1.54, 1.807) is 18.0 Å². The second-order valence-electron chi connectivity index (χ2n) is 6.04. The Morgan fingerprint density at radius 2 is 1.69 bits per heavy atom. The van der Waals surface area contributed by atoms with Crippen molar-refractivity contribution in [3.63, 3.8) is 0 Å². The number of benzene rings is 2. The number of hydrogen-bond donors (Lipinski definition) is 2. The van der Waals surface area contributed by atoms with E-state index in [1.165, 1.54) is 24.3 Å². The van der Waals surface area contributed by atoms with Crippen molar-refractivity contribution in [1.82, 2.24) is 10.2 Å². The summed E-state index contributed by atoms with van der Waals surface area (Å²) in [6, 6.07) is 12.6. The molecule has 0 spiro atoms. The zero-order valence-corrected chi connectivity index (χ0v) is 15.4. The normalized spacial score (nSPS) is 11.9. The van der Waals surface area contributed by atoms with Crippen molar-refractivity contribution >= 4 is 29.1 Å². The molecule has 0 aliphatic rings. The van der Waals surface area contributed by atoms with E-state index in [0.29, 0.717) is 10.7 Å². The molecule has 0 heterocycles. The average molecular weight is 378 g/mol. The number of hydrogen-bond acceptors (Lipinski definition) is 3. The first kappa shape index (κ1) is 19.9. The van der Waals surface area contributed by atoms with Crippen LogP contribution in [-0.4, -0.2) is 36.9 Å². The Kier molecular flexibility index (Phi) is 7.12. The Hall–Kier alpha value is -2.44. The molecule has 5 nitrogen and oxygen atoms in total. The standard InChI is InChI=1S/C19H21ClFN3O2/c1-13(16-5-3-4-6-17(16)20)22-18(25)11-24(2)12-19(26)23-15-9-7-14(21)8-10-15/h3-10,13H,11-12H2,1-2H3,(H,22,25)(H,23,26)/t13-/m1/s1. The SMILES string of the molecule is C[C@@H](NC(=O)CN(C)CC(=O)Nc1ccc(F)cc1)c1ccccc1Cl. The lowest BCUT2D eigenvalue weighted by molar-refractivity contribution is -0.123. The zero-order chi connectivity index (χ0) is 19.1. The monoisotopic (exact) mass is 377 g/mol. The van der Waals surface area contributed by atoms with Crippen LogP contribution in [-0.2, 0) is 9.59 Å². The zero-order valence-electron chi connectivity index (χ0n) is 14.6. The first-order valence-corrected chi connectivity index (χ1v) is 8.50. The summed E-state index contributed by atoms with van der Waals surface area (Å²) in [6.45, 7) is 1.94. The van der Waals surface area contributed by atoms with E-state index in [4.69, 9.17) is 11.6 Å². The van der Waals surface area contributed by atoms with Crippen LogP contribution in [0.5, 0.6) is 0 Å². The van der Waals surface area contributed by atoms with Crippen LogP contribution in [0.3, 0.4) is 0 Å². The molecular weight excluding hydrogens is 357 g/mol. The molecule has 0 aromatic heterocycles. The van der Waals surface area contributed by atoms with E-state index >= 15 is 0 Å². The molecule has 138 valence electrons. The highest BCUT2D eigenvalue weighted by atomic mass is 35.5. The molecular formula is C19H21ClFN3O2. The van der Waals surface area contributed by atoms with Crippen molar-refractivity contribution in [1.29, 1.82) is 0 Å². The average Bonchev–Trinajstić information content (AvgIpc) is 2.56. The fourth-order valence-electron chi connectivity index (χ4n) is 2.47. The number of rotatable bonds is 7. The molecule has 0 fully saturated rings. The van der Waals surface area contributed by atoms with Crippen molar-refractivity contribution in [2.75, 3.05) is 25.5 Å². The first-order valence-electron chi connectivity index (χ1n) is 8.13. The van der Waals surface area contributed by atoms with Gasteiger partial charge in [-0.2, -0.15) is 0 Å². The van der Waals surface area contributed by atoms with Crippen LogP contribution >= 0.6 is 11.6 Å². The second kappa shape index (κ2) is 9.31. The van der Waals surface area contributed by atoms with Gasteiger partial charge in [-0.1, -0.05) is 29.8 Å². The van der Waals surface area contributed by atoms with E-state index in [0.717, 1.165) is 5.56 Å². The van der Waals surface area contributed by atoms with Gasteiger partial charge in [0.2, 0.25) is 11.8 Å². The van der Waals surface area contributed by atoms with Crippen LogP contribution in [0, 0.1) is 5.82 Å². The fraction of sp³-hybridized carbons (Fsp3) is 0.263. The maximum Gasteiger partial charge on any atom is 0.238 e. The molecule has 0 saturated heterocycles. The molecule has 0 aliphatic carbocycles. The number of carbonyl (C=O) groups excluding carboxylic acids is 2. The summed E-state index contributed by atoms with van der Waals surface area (Å²) in [5, 5.41) is 6.10. The summed E-state index contributed by atoms with van der Waals surface area (Å²) in [5.74, 6) is -0.870. The first-order chi connectivity index (χ1) is 12.3. The smallest absolute Gasteiger partial charge is 0.238 e. The summed E-state index contributed by atoms with van der Waals surface area (Å²) < 4.78 is 12.9. The molecule has 2 aromatic carbocycles. The Morgan fingerprint density at radius 1 is 1.08 bits per heavy atom. The number of carbonyl (C=O) groups is 2. The van der Waals surface area contributed by atoms with Crippen LogP contribution in [0.1, 0.15) is 18.5 Å². The van der Waals surface area contributed by atoms with Crippen LogP contribution in [0.25, 0.3) is 0 Å². The quantitative estimate of drug-likeness (QED) is 0.778. The minimum atomic E-state index is -0.371. The third-order valence-corrected chi connectivity index (χ3v) is 4.05. The number of nitrogens with zero attached hydrogens (tertiary/aromatic N) is 1. The van der Waals surface area contributed by atoms with Gasteiger partial charge < -0.3 is 10.6 Å². The van der Waals surface area contributed by atoms with Gasteiger partial charge in [-0.3, -0.25) is 14.5 Å². The third kappa shape index (κ3) is 6.13. The predicted octanol–water partition coefficient (Wildman–Crippen LogP) is 3.23. The van der Waals surface area contributed by atoms with Crippen molar-refractivity contribution in [2.45, 2.75) is 13.0 Å². The van der Waals surface area contributed by atoms with E-state index in [9.17, 15) is 14.0 Å². The molecule has 0 aliphatic heterocycles. The van der Waals surface area contributed by atoms with Crippen LogP contribution in [0.4, 0.5) is 10.1 Å². The number of nitrogens with one attached hydrogen (secondary N) is 2. The summed E-state index contributed by atoms with van der Waals surface area (Å²) in [4.78, 5) is 25.7. The lowest BCUT2D eigenvalue weighted by Gasteiger charge is -2.19. The maximum atomic E-state index is 12.9. The van der Waals surface area contributed by atoms with Crippen LogP contribution in [0.2, 0.25) is 5.02 Å². The molecule has 1 atom stereocenters. The van der Waals surface area contributed by atoms with Gasteiger partial charge >= 0.3 is 0 Å². The molecule has 0 bridgehead atoms. The molecule has 26 heavy (non-hydrogen) atoms. The predicted molar refractivity (Wildman–Crippen MR) is 101 cm³/mol. The van der Waals surface area contributed by atoms with Crippen LogP contribution in [0.15, 0.2) is 48.5 Å². The molecule has 2 amide bonds. The Morgan fingerprint density at radius 3 is 2.35 bits per heavy atom. The van der Waals surface area contributed by atoms with Crippen molar-refractivity contribution < 1.29 is 14.0 Å². The molecule has 2 rings (SSSR count). The highest BCUT2D eigenvalue weighted by molar-refractivity contribution is 6.31. The molecule has 0 unspecified atom stereocenters. The van der Waals surface area contributed by atoms with Gasteiger partial charge in [-0.05, 0) is 49.9 Å². The molecule has 7 heteroatoms. The largest absolute Gasteiger partial charge is 0.348 e. The summed E-state index contributed by atoms with van der Waals surface area (Å²) >= 11 is 6.13. The second-order valence-corrected chi connectivity index (χ2v) is 6.45. The highest BCUT2D eigenvalue weighted by Gasteiger charge is 2.15. The lowest BCUT2D eigenvalue weighted by Crippen LogP contribution is -2.39. The van der Waals surface area contributed by atoms with Crippen molar-refractivity contribution in [3.8, 4) is 0 Å². The van der Waals surface area contributed by atoms with E-state index in [2.05, 4.69) is 10.6 Å². The minimum Gasteiger partial charge on any atom is -0.348 e. The summed E-state index contributed by atoms with van der Waals surface area (Å²) in [7, 11) is 1.67. The Balaban J connectivity index is 1.80. The minimum absolute atomic E-state index is 0.0330. The van der Waals surface area contributed by atoms with Crippen LogP contribution < -0.4 is 10.6 Å². The highest BCUT2D eigenvalue weighted by Crippen LogP contribution is 2.21. The van der Waals surface area contributed by atoms with E-state index < -0.39 is 0 Å². The number of anilines is 1. The summed E-state index contributed by atoms with van der Waals surface area (Å²) in [6.07, 6.45) is 0. The number of halogens is 2. The number of amides is 2. The van der Waals surface area contributed by atoms with E-state index in [1.807, 2.05) is 25.1 Å². The topological polar surface area (TPSA) is 61.4 Å². The molecule has 0 saturated carbocycles. The van der Waals surface area contributed by atoms with Crippen molar-refractivity contribution in [2.24, 2.45) is 0 Å². The molecule has 2 aromatic rings. The Labute approximate surface area is 157 Å². The number of likely N-dealkylation sites (N-methyl/N-ethyl adjacent to an activating group) is 1. The van der Waals surface area contributed by atoms with E-state index in [-0.39, 0.29) is 36.8 Å². The third-order valence-electron chi connectivity index (χ3n) is 3.70. The van der Waals surface area contributed by atoms with Gasteiger partial charge in [0.25, 0.3) is 0 Å².